The number of para-hydroxylation sites is 2. The molecule has 11 aromatic rings. The van der Waals surface area contributed by atoms with Crippen molar-refractivity contribution in [2.24, 2.45) is 0 Å². The Hall–Kier alpha value is -7.48. The molecule has 0 spiro atoms. The van der Waals surface area contributed by atoms with Gasteiger partial charge in [-0.1, -0.05) is 112 Å². The van der Waals surface area contributed by atoms with Crippen LogP contribution in [-0.2, 0) is 5.41 Å². The molecule has 0 fully saturated rings. The van der Waals surface area contributed by atoms with Crippen LogP contribution < -0.4 is 13.7 Å². The number of pyridine rings is 1. The maximum absolute atomic E-state index is 6.87. The minimum absolute atomic E-state index is 0.0381. The van der Waals surface area contributed by atoms with Crippen LogP contribution in [0.1, 0.15) is 26.3 Å². The Morgan fingerprint density at radius 3 is 1.94 bits per heavy atom. The predicted molar refractivity (Wildman–Crippen MR) is 279 cm³/mol. The van der Waals surface area contributed by atoms with E-state index in [1.807, 2.05) is 12.3 Å². The summed E-state index contributed by atoms with van der Waals surface area (Å²) in [5, 5.41) is 2.33. The molecule has 0 N–H and O–H groups in total. The van der Waals surface area contributed by atoms with E-state index < -0.39 is 13.3 Å². The molecule has 0 unspecified atom stereocenters. The van der Waals surface area contributed by atoms with Crippen LogP contribution in [0.5, 0.6) is 11.5 Å². The molecule has 3 aromatic heterocycles. The number of ether oxygens (including phenoxy) is 1. The van der Waals surface area contributed by atoms with Gasteiger partial charge in [0, 0.05) is 0 Å². The summed E-state index contributed by atoms with van der Waals surface area (Å²) in [6.07, 6.45) is 5.77. The van der Waals surface area contributed by atoms with E-state index in [1.165, 1.54) is 48.7 Å². The topological polar surface area (TPSA) is 35.9 Å². The Bertz CT molecular complexity index is 3770. The second kappa shape index (κ2) is 15.6. The number of hydrogen-bond donors (Lipinski definition) is 0. The molecule has 324 valence electrons. The molecule has 67 heavy (non-hydrogen) atoms. The van der Waals surface area contributed by atoms with Gasteiger partial charge in [-0.05, 0) is 57.6 Å². The Kier molecular flexibility index (Phi) is 9.53. The zero-order valence-electron chi connectivity index (χ0n) is 38.7. The average molecular weight is 928 g/mol. The molecule has 12 rings (SSSR count). The van der Waals surface area contributed by atoms with Crippen molar-refractivity contribution >= 4 is 50.5 Å². The molecular formula is C61H50GeN4O. The van der Waals surface area contributed by atoms with Crippen molar-refractivity contribution in [2.75, 3.05) is 0 Å². The van der Waals surface area contributed by atoms with E-state index >= 15 is 0 Å². The van der Waals surface area contributed by atoms with Crippen molar-refractivity contribution in [3.05, 3.63) is 206 Å². The van der Waals surface area contributed by atoms with E-state index in [2.05, 4.69) is 240 Å². The maximum atomic E-state index is 6.87. The van der Waals surface area contributed by atoms with Gasteiger partial charge in [0.05, 0.1) is 22.4 Å². The summed E-state index contributed by atoms with van der Waals surface area (Å²) in [6.45, 7) is 6.75. The van der Waals surface area contributed by atoms with Crippen molar-refractivity contribution in [2.45, 2.75) is 43.5 Å². The first-order chi connectivity index (χ1) is 32.5. The zero-order valence-corrected chi connectivity index (χ0v) is 40.8. The molecule has 5 nitrogen and oxygen atoms in total. The van der Waals surface area contributed by atoms with Gasteiger partial charge >= 0.3 is 189 Å². The molecule has 6 heteroatoms. The monoisotopic (exact) mass is 928 g/mol. The number of aromatic nitrogens is 4. The molecule has 0 radical (unpaired) electrons. The van der Waals surface area contributed by atoms with Crippen molar-refractivity contribution < 1.29 is 9.30 Å². The number of fused-ring (bicyclic) bond motifs is 10. The summed E-state index contributed by atoms with van der Waals surface area (Å²) < 4.78 is 15.1. The molecular weight excluding hydrogens is 877 g/mol. The number of rotatable bonds is 6. The number of nitrogens with zero attached hydrogens (tertiary/aromatic N) is 4. The summed E-state index contributed by atoms with van der Waals surface area (Å²) in [7, 11) is 0. The third kappa shape index (κ3) is 6.99. The van der Waals surface area contributed by atoms with Crippen LogP contribution in [-0.4, -0.2) is 27.4 Å². The average Bonchev–Trinajstić information content (AvgIpc) is 3.90. The van der Waals surface area contributed by atoms with Crippen molar-refractivity contribution in [3.63, 3.8) is 0 Å². The van der Waals surface area contributed by atoms with Crippen molar-refractivity contribution in [1.29, 1.82) is 0 Å². The number of imidazole rings is 1. The van der Waals surface area contributed by atoms with E-state index in [-0.39, 0.29) is 5.41 Å². The quantitative estimate of drug-likeness (QED) is 0.0946. The number of hydrogen-bond acceptors (Lipinski definition) is 2. The molecule has 8 aromatic carbocycles. The van der Waals surface area contributed by atoms with Crippen LogP contribution in [0.15, 0.2) is 194 Å². The Balaban J connectivity index is 0.989. The molecule has 0 aliphatic carbocycles. The summed E-state index contributed by atoms with van der Waals surface area (Å²) in [4.78, 5) is 4.99. The minimum atomic E-state index is -2.04. The van der Waals surface area contributed by atoms with E-state index in [9.17, 15) is 0 Å². The fourth-order valence-corrected chi connectivity index (χ4v) is 12.5. The molecule has 0 amide bonds. The van der Waals surface area contributed by atoms with Crippen molar-refractivity contribution in [1.82, 2.24) is 14.1 Å². The van der Waals surface area contributed by atoms with Crippen molar-refractivity contribution in [3.8, 4) is 73.2 Å². The molecule has 0 bridgehead atoms. The van der Waals surface area contributed by atoms with E-state index in [4.69, 9.17) is 9.72 Å². The first-order valence-corrected chi connectivity index (χ1v) is 30.5. The molecule has 0 saturated heterocycles. The first-order valence-electron chi connectivity index (χ1n) is 23.2. The van der Waals surface area contributed by atoms with Crippen LogP contribution in [0.3, 0.4) is 0 Å². The van der Waals surface area contributed by atoms with Gasteiger partial charge in [-0.15, -0.1) is 0 Å². The van der Waals surface area contributed by atoms with Crippen LogP contribution in [0.2, 0.25) is 17.3 Å². The second-order valence-corrected chi connectivity index (χ2v) is 30.5. The SMILES string of the molecule is CC(C)(C)c1ccnc(-n2c3ccc(-c4ccc[c]([Ge]([CH3])([CH3])[CH3])c4)cc3c3ccc(Oc4cccc(-n5[c-][n+]6c7c(cccc75)-c5ccccc5-c5ccccc5-c5ccccc5-6)c4)cc32)c1. The Morgan fingerprint density at radius 2 is 1.18 bits per heavy atom. The standard InChI is InChI=1S/C61H50GeN4O/c1-61(2,3)42-32-33-63-59(36-42)66-56-31-28-41(40-16-13-17-43(34-40)62(4,5)6)35-54(56)52-30-29-46(38-58(52)66)67-45-19-14-18-44(37-45)64-39-65-55-26-12-11-24-51(55)49-22-9-7-20-47(49)48-21-8-10-23-50(48)53-25-15-27-57(64)60(53)65/h7-38H,1-6H3. The van der Waals surface area contributed by atoms with Gasteiger partial charge in [0.2, 0.25) is 0 Å². The van der Waals surface area contributed by atoms with Crippen LogP contribution in [0.25, 0.3) is 94.5 Å². The predicted octanol–water partition coefficient (Wildman–Crippen LogP) is 14.8. The van der Waals surface area contributed by atoms with Gasteiger partial charge in [0.15, 0.2) is 0 Å². The fraction of sp³-hybridized carbons (Fsp3) is 0.115. The van der Waals surface area contributed by atoms with Gasteiger partial charge < -0.3 is 0 Å². The Morgan fingerprint density at radius 1 is 0.522 bits per heavy atom. The normalized spacial score (nSPS) is 12.3. The third-order valence-corrected chi connectivity index (χ3v) is 17.8. The molecule has 1 aliphatic rings. The molecule has 0 saturated carbocycles. The van der Waals surface area contributed by atoms with Gasteiger partial charge in [0.25, 0.3) is 6.33 Å². The third-order valence-electron chi connectivity index (χ3n) is 13.5. The van der Waals surface area contributed by atoms with Crippen LogP contribution >= 0.6 is 0 Å². The van der Waals surface area contributed by atoms with Gasteiger partial charge in [-0.3, -0.25) is 9.13 Å². The molecule has 1 aliphatic heterocycles. The zero-order chi connectivity index (χ0) is 45.6. The van der Waals surface area contributed by atoms with E-state index in [0.717, 1.165) is 67.3 Å². The summed E-state index contributed by atoms with van der Waals surface area (Å²) in [6, 6.07) is 68.0. The Labute approximate surface area is 394 Å². The summed E-state index contributed by atoms with van der Waals surface area (Å²) in [5.74, 6) is 9.73. The number of benzene rings is 8. The molecule has 4 heterocycles. The van der Waals surface area contributed by atoms with Gasteiger partial charge in [-0.2, -0.15) is 0 Å². The second-order valence-electron chi connectivity index (χ2n) is 19.9. The fourth-order valence-electron chi connectivity index (χ4n) is 10.0. The molecule has 0 atom stereocenters. The summed E-state index contributed by atoms with van der Waals surface area (Å²) >= 11 is -2.04. The van der Waals surface area contributed by atoms with Gasteiger partial charge in [0.1, 0.15) is 0 Å². The van der Waals surface area contributed by atoms with Crippen LogP contribution in [0, 0.1) is 6.33 Å². The van der Waals surface area contributed by atoms with E-state index in [0.29, 0.717) is 0 Å². The van der Waals surface area contributed by atoms with E-state index in [1.54, 1.807) is 0 Å². The summed E-state index contributed by atoms with van der Waals surface area (Å²) in [5.41, 5.74) is 17.1. The van der Waals surface area contributed by atoms with Gasteiger partial charge in [-0.25, -0.2) is 0 Å². The first kappa shape index (κ1) is 41.0. The van der Waals surface area contributed by atoms with Crippen LogP contribution in [0.4, 0.5) is 0 Å².